The van der Waals surface area contributed by atoms with Crippen molar-refractivity contribution in [1.82, 2.24) is 4.90 Å². The van der Waals surface area contributed by atoms with Crippen LogP contribution < -0.4 is 0 Å². The molecule has 104 valence electrons. The first kappa shape index (κ1) is 14.5. The summed E-state index contributed by atoms with van der Waals surface area (Å²) in [5.74, 6) is -0.544. The number of rotatable bonds is 2. The van der Waals surface area contributed by atoms with Crippen LogP contribution in [0, 0.1) is 5.82 Å². The Morgan fingerprint density at radius 1 is 1.58 bits per heavy atom. The summed E-state index contributed by atoms with van der Waals surface area (Å²) in [6.07, 6.45) is -0.0405. The molecule has 1 amide bonds. The molecule has 1 aromatic rings. The van der Waals surface area contributed by atoms with Crippen molar-refractivity contribution in [2.45, 2.75) is 25.6 Å². The lowest BCUT2D eigenvalue weighted by Crippen LogP contribution is -2.55. The van der Waals surface area contributed by atoms with Gasteiger partial charge in [0.25, 0.3) is 5.91 Å². The normalized spacial score (nSPS) is 22.3. The molecule has 1 aliphatic heterocycles. The summed E-state index contributed by atoms with van der Waals surface area (Å²) in [4.78, 5) is 14.1. The molecule has 0 aliphatic carbocycles. The molecular weight excluding hydrogens is 313 g/mol. The lowest BCUT2D eigenvalue weighted by molar-refractivity contribution is -0.116. The number of alkyl halides is 1. The van der Waals surface area contributed by atoms with Crippen LogP contribution in [0.4, 0.5) is 4.39 Å². The van der Waals surface area contributed by atoms with Crippen molar-refractivity contribution in [3.05, 3.63) is 35.6 Å². The molecule has 5 heteroatoms. The van der Waals surface area contributed by atoms with Crippen molar-refractivity contribution >= 4 is 21.8 Å². The second-order valence-corrected chi connectivity index (χ2v) is 6.00. The van der Waals surface area contributed by atoms with Gasteiger partial charge >= 0.3 is 0 Å². The van der Waals surface area contributed by atoms with E-state index in [0.29, 0.717) is 24.0 Å². The second kappa shape index (κ2) is 5.59. The number of morpholine rings is 1. The van der Waals surface area contributed by atoms with Crippen LogP contribution >= 0.6 is 15.9 Å². The summed E-state index contributed by atoms with van der Waals surface area (Å²) < 4.78 is 19.0. The fourth-order valence-electron chi connectivity index (χ4n) is 2.33. The van der Waals surface area contributed by atoms with Gasteiger partial charge in [-0.3, -0.25) is 4.79 Å². The minimum absolute atomic E-state index is 0.0405. The van der Waals surface area contributed by atoms with Crippen LogP contribution in [0.5, 0.6) is 0 Å². The predicted octanol–water partition coefficient (Wildman–Crippen LogP) is 2.84. The van der Waals surface area contributed by atoms with E-state index in [1.165, 1.54) is 12.1 Å². The third-order valence-electron chi connectivity index (χ3n) is 3.01. The Balaban J connectivity index is 2.18. The third-order valence-corrected chi connectivity index (χ3v) is 3.73. The zero-order valence-corrected chi connectivity index (χ0v) is 12.6. The van der Waals surface area contributed by atoms with Crippen LogP contribution in [-0.4, -0.2) is 40.9 Å². The standard InChI is InChI=1S/C14H17BrFNO2/c1-14(2)9-17(8-12(7-15)19-14)13(18)10-4-3-5-11(16)6-10/h3-6,12H,7-9H2,1-2H3. The van der Waals surface area contributed by atoms with E-state index in [4.69, 9.17) is 4.74 Å². The first-order chi connectivity index (χ1) is 8.91. The molecule has 1 aromatic carbocycles. The number of amides is 1. The Morgan fingerprint density at radius 3 is 2.95 bits per heavy atom. The molecule has 1 atom stereocenters. The molecule has 0 spiro atoms. The number of halogens is 2. The van der Waals surface area contributed by atoms with E-state index < -0.39 is 5.82 Å². The molecule has 1 unspecified atom stereocenters. The smallest absolute Gasteiger partial charge is 0.254 e. The molecule has 0 saturated carbocycles. The van der Waals surface area contributed by atoms with Crippen LogP contribution in [0.3, 0.4) is 0 Å². The van der Waals surface area contributed by atoms with Gasteiger partial charge in [0.05, 0.1) is 11.7 Å². The number of carbonyl (C=O) groups excluding carboxylic acids is 1. The molecular formula is C14H17BrFNO2. The highest BCUT2D eigenvalue weighted by atomic mass is 79.9. The summed E-state index contributed by atoms with van der Waals surface area (Å²) in [6, 6.07) is 5.79. The molecule has 0 aromatic heterocycles. The first-order valence-corrected chi connectivity index (χ1v) is 7.32. The van der Waals surface area contributed by atoms with E-state index >= 15 is 0 Å². The highest BCUT2D eigenvalue weighted by molar-refractivity contribution is 9.09. The van der Waals surface area contributed by atoms with E-state index in [-0.39, 0.29) is 17.6 Å². The maximum atomic E-state index is 13.2. The number of ether oxygens (including phenoxy) is 1. The van der Waals surface area contributed by atoms with Gasteiger partial charge in [0.15, 0.2) is 0 Å². The van der Waals surface area contributed by atoms with Crippen molar-refractivity contribution in [3.63, 3.8) is 0 Å². The second-order valence-electron chi connectivity index (χ2n) is 5.35. The Morgan fingerprint density at radius 2 is 2.32 bits per heavy atom. The van der Waals surface area contributed by atoms with E-state index in [9.17, 15) is 9.18 Å². The minimum atomic E-state index is -0.393. The van der Waals surface area contributed by atoms with Crippen molar-refractivity contribution in [1.29, 1.82) is 0 Å². The van der Waals surface area contributed by atoms with Gasteiger partial charge < -0.3 is 9.64 Å². The molecule has 19 heavy (non-hydrogen) atoms. The number of benzene rings is 1. The van der Waals surface area contributed by atoms with Gasteiger partial charge in [-0.25, -0.2) is 4.39 Å². The van der Waals surface area contributed by atoms with Crippen molar-refractivity contribution < 1.29 is 13.9 Å². The van der Waals surface area contributed by atoms with Gasteiger partial charge in [0, 0.05) is 24.0 Å². The predicted molar refractivity (Wildman–Crippen MR) is 75.0 cm³/mol. The monoisotopic (exact) mass is 329 g/mol. The molecule has 2 rings (SSSR count). The van der Waals surface area contributed by atoms with E-state index in [2.05, 4.69) is 15.9 Å². The Hall–Kier alpha value is -0.940. The zero-order chi connectivity index (χ0) is 14.0. The number of hydrogen-bond acceptors (Lipinski definition) is 2. The Kier molecular flexibility index (Phi) is 4.26. The van der Waals surface area contributed by atoms with Gasteiger partial charge in [0.1, 0.15) is 5.82 Å². The lowest BCUT2D eigenvalue weighted by atomic mass is 10.0. The van der Waals surface area contributed by atoms with Crippen LogP contribution in [0.15, 0.2) is 24.3 Å². The lowest BCUT2D eigenvalue weighted by Gasteiger charge is -2.42. The summed E-state index contributed by atoms with van der Waals surface area (Å²) in [5.41, 5.74) is -0.00864. The fraction of sp³-hybridized carbons (Fsp3) is 0.500. The minimum Gasteiger partial charge on any atom is -0.368 e. The molecule has 0 bridgehead atoms. The van der Waals surface area contributed by atoms with Crippen molar-refractivity contribution in [3.8, 4) is 0 Å². The largest absolute Gasteiger partial charge is 0.368 e. The van der Waals surface area contributed by atoms with Gasteiger partial charge in [-0.05, 0) is 32.0 Å². The van der Waals surface area contributed by atoms with Crippen molar-refractivity contribution in [2.24, 2.45) is 0 Å². The third kappa shape index (κ3) is 3.54. The molecule has 3 nitrogen and oxygen atoms in total. The van der Waals surface area contributed by atoms with Crippen LogP contribution in [0.1, 0.15) is 24.2 Å². The SMILES string of the molecule is CC1(C)CN(C(=O)c2cccc(F)c2)CC(CBr)O1. The average molecular weight is 330 g/mol. The van der Waals surface area contributed by atoms with Gasteiger partial charge in [-0.2, -0.15) is 0 Å². The summed E-state index contributed by atoms with van der Waals surface area (Å²) >= 11 is 3.38. The highest BCUT2D eigenvalue weighted by Gasteiger charge is 2.35. The van der Waals surface area contributed by atoms with Crippen LogP contribution in [0.2, 0.25) is 0 Å². The first-order valence-electron chi connectivity index (χ1n) is 6.20. The van der Waals surface area contributed by atoms with Gasteiger partial charge in [-0.1, -0.05) is 22.0 Å². The summed E-state index contributed by atoms with van der Waals surface area (Å²) in [5, 5.41) is 0.670. The topological polar surface area (TPSA) is 29.5 Å². The Bertz CT molecular complexity index is 478. The number of carbonyl (C=O) groups is 1. The number of hydrogen-bond donors (Lipinski definition) is 0. The number of nitrogens with zero attached hydrogens (tertiary/aromatic N) is 1. The molecule has 1 heterocycles. The van der Waals surface area contributed by atoms with Gasteiger partial charge in [0.2, 0.25) is 0 Å². The Labute approximate surface area is 120 Å². The maximum Gasteiger partial charge on any atom is 0.254 e. The highest BCUT2D eigenvalue weighted by Crippen LogP contribution is 2.23. The molecule has 0 N–H and O–H groups in total. The quantitative estimate of drug-likeness (QED) is 0.781. The van der Waals surface area contributed by atoms with Gasteiger partial charge in [-0.15, -0.1) is 0 Å². The summed E-state index contributed by atoms with van der Waals surface area (Å²) in [6.45, 7) is 4.93. The summed E-state index contributed by atoms with van der Waals surface area (Å²) in [7, 11) is 0. The molecule has 0 radical (unpaired) electrons. The average Bonchev–Trinajstić information content (AvgIpc) is 2.36. The van der Waals surface area contributed by atoms with E-state index in [0.717, 1.165) is 0 Å². The van der Waals surface area contributed by atoms with E-state index in [1.807, 2.05) is 13.8 Å². The molecule has 1 aliphatic rings. The van der Waals surface area contributed by atoms with Crippen LogP contribution in [0.25, 0.3) is 0 Å². The maximum absolute atomic E-state index is 13.2. The van der Waals surface area contributed by atoms with E-state index in [1.54, 1.807) is 17.0 Å². The van der Waals surface area contributed by atoms with Crippen LogP contribution in [-0.2, 0) is 4.74 Å². The fourth-order valence-corrected chi connectivity index (χ4v) is 2.67. The molecule has 1 saturated heterocycles. The van der Waals surface area contributed by atoms with Crippen molar-refractivity contribution in [2.75, 3.05) is 18.4 Å². The zero-order valence-electron chi connectivity index (χ0n) is 11.0. The molecule has 1 fully saturated rings.